The van der Waals surface area contributed by atoms with Gasteiger partial charge in [-0.2, -0.15) is 0 Å². The molecule has 1 heteroatoms. The van der Waals surface area contributed by atoms with Gasteiger partial charge in [-0.05, 0) is 18.9 Å². The zero-order chi connectivity index (χ0) is 8.81. The Bertz CT molecular complexity index is 206. The predicted molar refractivity (Wildman–Crippen MR) is 53.0 cm³/mol. The highest BCUT2D eigenvalue weighted by Crippen LogP contribution is 1.98. The van der Waals surface area contributed by atoms with Crippen molar-refractivity contribution in [1.82, 2.24) is 5.32 Å². The van der Waals surface area contributed by atoms with Gasteiger partial charge in [0.05, 0.1) is 0 Å². The van der Waals surface area contributed by atoms with Crippen molar-refractivity contribution in [2.45, 2.75) is 32.9 Å². The van der Waals surface area contributed by atoms with Crippen LogP contribution >= 0.6 is 0 Å². The molecule has 1 N–H and O–H groups in total. The molecule has 0 saturated carbocycles. The third-order valence-electron chi connectivity index (χ3n) is 2.11. The first-order chi connectivity index (χ1) is 5.83. The lowest BCUT2D eigenvalue weighted by Gasteiger charge is -2.10. The molecule has 0 spiro atoms. The monoisotopic (exact) mass is 163 g/mol. The van der Waals surface area contributed by atoms with Crippen LogP contribution in [0.5, 0.6) is 0 Å². The van der Waals surface area contributed by atoms with Crippen molar-refractivity contribution in [2.24, 2.45) is 0 Å². The minimum absolute atomic E-state index is 0.616. The molecular formula is C11H17N. The van der Waals surface area contributed by atoms with Gasteiger partial charge in [-0.1, -0.05) is 37.3 Å². The lowest BCUT2D eigenvalue weighted by Crippen LogP contribution is -2.24. The maximum atomic E-state index is 3.45. The molecule has 1 atom stereocenters. The van der Waals surface area contributed by atoms with Gasteiger partial charge in [0.2, 0.25) is 0 Å². The molecule has 0 amide bonds. The highest BCUT2D eigenvalue weighted by Gasteiger charge is 1.96. The topological polar surface area (TPSA) is 12.0 Å². The van der Waals surface area contributed by atoms with E-state index in [2.05, 4.69) is 43.4 Å². The van der Waals surface area contributed by atoms with Crippen LogP contribution in [-0.4, -0.2) is 6.04 Å². The van der Waals surface area contributed by atoms with Crippen molar-refractivity contribution >= 4 is 0 Å². The van der Waals surface area contributed by atoms with Gasteiger partial charge in [-0.15, -0.1) is 0 Å². The Hall–Kier alpha value is -0.820. The van der Waals surface area contributed by atoms with Gasteiger partial charge in [0, 0.05) is 12.6 Å². The van der Waals surface area contributed by atoms with Gasteiger partial charge in [-0.25, -0.2) is 0 Å². The maximum absolute atomic E-state index is 3.45. The van der Waals surface area contributed by atoms with Crippen LogP contribution in [0.2, 0.25) is 0 Å². The molecule has 0 aromatic heterocycles. The van der Waals surface area contributed by atoms with E-state index < -0.39 is 0 Å². The zero-order valence-corrected chi connectivity index (χ0v) is 7.88. The molecule has 0 saturated heterocycles. The molecule has 1 aromatic carbocycles. The van der Waals surface area contributed by atoms with Gasteiger partial charge in [0.1, 0.15) is 0 Å². The molecule has 1 aromatic rings. The summed E-state index contributed by atoms with van der Waals surface area (Å²) in [6, 6.07) is 11.1. The highest BCUT2D eigenvalue weighted by molar-refractivity contribution is 5.14. The minimum atomic E-state index is 0.616. The lowest BCUT2D eigenvalue weighted by molar-refractivity contribution is 0.534. The highest BCUT2D eigenvalue weighted by atomic mass is 14.9. The van der Waals surface area contributed by atoms with Crippen molar-refractivity contribution in [3.8, 4) is 0 Å². The van der Waals surface area contributed by atoms with E-state index in [0.29, 0.717) is 6.04 Å². The maximum Gasteiger partial charge on any atom is 0.0207 e. The van der Waals surface area contributed by atoms with Crippen LogP contribution in [0.4, 0.5) is 0 Å². The third-order valence-corrected chi connectivity index (χ3v) is 2.11. The summed E-state index contributed by atoms with van der Waals surface area (Å²) >= 11 is 0. The van der Waals surface area contributed by atoms with Crippen molar-refractivity contribution in [2.75, 3.05) is 0 Å². The van der Waals surface area contributed by atoms with Crippen LogP contribution in [0.15, 0.2) is 30.3 Å². The Morgan fingerprint density at radius 1 is 1.25 bits per heavy atom. The van der Waals surface area contributed by atoms with E-state index in [4.69, 9.17) is 0 Å². The summed E-state index contributed by atoms with van der Waals surface area (Å²) in [7, 11) is 0. The Morgan fingerprint density at radius 3 is 2.50 bits per heavy atom. The fourth-order valence-corrected chi connectivity index (χ4v) is 1.03. The standard InChI is InChI=1S/C11H17N/c1-3-10(2)12-9-11-7-5-4-6-8-11/h4-8,10,12H,3,9H2,1-2H3/t10-/m0/s1. The van der Waals surface area contributed by atoms with Gasteiger partial charge >= 0.3 is 0 Å². The summed E-state index contributed by atoms with van der Waals surface area (Å²) in [4.78, 5) is 0. The predicted octanol–water partition coefficient (Wildman–Crippen LogP) is 2.57. The normalized spacial score (nSPS) is 12.8. The SMILES string of the molecule is CC[C@H](C)NCc1ccccc1. The summed E-state index contributed by atoms with van der Waals surface area (Å²) in [6.45, 7) is 5.39. The molecule has 12 heavy (non-hydrogen) atoms. The average molecular weight is 163 g/mol. The number of hydrogen-bond acceptors (Lipinski definition) is 1. The largest absolute Gasteiger partial charge is 0.310 e. The minimum Gasteiger partial charge on any atom is -0.310 e. The molecular weight excluding hydrogens is 146 g/mol. The third kappa shape index (κ3) is 3.05. The smallest absolute Gasteiger partial charge is 0.0207 e. The average Bonchev–Trinajstić information content (AvgIpc) is 2.16. The van der Waals surface area contributed by atoms with Crippen molar-refractivity contribution in [3.05, 3.63) is 35.9 Å². The fourth-order valence-electron chi connectivity index (χ4n) is 1.03. The van der Waals surface area contributed by atoms with Crippen LogP contribution in [0.1, 0.15) is 25.8 Å². The molecule has 0 bridgehead atoms. The Balaban J connectivity index is 2.33. The molecule has 1 nitrogen and oxygen atoms in total. The second-order valence-corrected chi connectivity index (χ2v) is 3.18. The summed E-state index contributed by atoms with van der Waals surface area (Å²) in [5.41, 5.74) is 1.36. The summed E-state index contributed by atoms with van der Waals surface area (Å²) in [5, 5.41) is 3.45. The molecule has 0 radical (unpaired) electrons. The number of hydrogen-bond donors (Lipinski definition) is 1. The van der Waals surface area contributed by atoms with Crippen molar-refractivity contribution in [3.63, 3.8) is 0 Å². The second kappa shape index (κ2) is 4.94. The van der Waals surface area contributed by atoms with Gasteiger partial charge in [0.25, 0.3) is 0 Å². The molecule has 0 heterocycles. The van der Waals surface area contributed by atoms with E-state index >= 15 is 0 Å². The molecule has 66 valence electrons. The summed E-state index contributed by atoms with van der Waals surface area (Å²) in [6.07, 6.45) is 1.19. The van der Waals surface area contributed by atoms with E-state index in [1.165, 1.54) is 12.0 Å². The first kappa shape index (κ1) is 9.27. The van der Waals surface area contributed by atoms with E-state index in [9.17, 15) is 0 Å². The van der Waals surface area contributed by atoms with Crippen LogP contribution in [0.3, 0.4) is 0 Å². The fraction of sp³-hybridized carbons (Fsp3) is 0.455. The van der Waals surface area contributed by atoms with Crippen LogP contribution in [-0.2, 0) is 6.54 Å². The van der Waals surface area contributed by atoms with Crippen LogP contribution in [0.25, 0.3) is 0 Å². The second-order valence-electron chi connectivity index (χ2n) is 3.18. The molecule has 0 fully saturated rings. The Kier molecular flexibility index (Phi) is 3.81. The lowest BCUT2D eigenvalue weighted by atomic mass is 10.2. The van der Waals surface area contributed by atoms with Gasteiger partial charge in [0.15, 0.2) is 0 Å². The Morgan fingerprint density at radius 2 is 1.92 bits per heavy atom. The number of nitrogens with one attached hydrogen (secondary N) is 1. The van der Waals surface area contributed by atoms with E-state index in [1.54, 1.807) is 0 Å². The quantitative estimate of drug-likeness (QED) is 0.719. The molecule has 0 unspecified atom stereocenters. The number of rotatable bonds is 4. The molecule has 1 rings (SSSR count). The first-order valence-corrected chi connectivity index (χ1v) is 4.60. The molecule has 0 aliphatic rings. The zero-order valence-electron chi connectivity index (χ0n) is 7.88. The Labute approximate surface area is 74.8 Å². The van der Waals surface area contributed by atoms with Crippen LogP contribution < -0.4 is 5.32 Å². The van der Waals surface area contributed by atoms with Crippen molar-refractivity contribution in [1.29, 1.82) is 0 Å². The first-order valence-electron chi connectivity index (χ1n) is 4.60. The molecule has 0 aliphatic carbocycles. The van der Waals surface area contributed by atoms with Gasteiger partial charge < -0.3 is 5.32 Å². The van der Waals surface area contributed by atoms with Crippen LogP contribution in [0, 0.1) is 0 Å². The van der Waals surface area contributed by atoms with Crippen molar-refractivity contribution < 1.29 is 0 Å². The van der Waals surface area contributed by atoms with Gasteiger partial charge in [-0.3, -0.25) is 0 Å². The van der Waals surface area contributed by atoms with E-state index in [-0.39, 0.29) is 0 Å². The van der Waals surface area contributed by atoms with E-state index in [1.807, 2.05) is 6.07 Å². The summed E-state index contributed by atoms with van der Waals surface area (Å²) < 4.78 is 0. The van der Waals surface area contributed by atoms with E-state index in [0.717, 1.165) is 6.54 Å². The summed E-state index contributed by atoms with van der Waals surface area (Å²) in [5.74, 6) is 0. The molecule has 0 aliphatic heterocycles. The number of benzene rings is 1.